The minimum atomic E-state index is -0.429. The van der Waals surface area contributed by atoms with Crippen molar-refractivity contribution in [3.05, 3.63) is 33.9 Å². The Hall–Kier alpha value is -1.58. The zero-order chi connectivity index (χ0) is 21.9. The van der Waals surface area contributed by atoms with Crippen LogP contribution in [0, 0.1) is 23.0 Å². The summed E-state index contributed by atoms with van der Waals surface area (Å²) in [6, 6.07) is 4.60. The summed E-state index contributed by atoms with van der Waals surface area (Å²) in [5.41, 5.74) is 0.974. The smallest absolute Gasteiger partial charge is 0.273 e. The molecule has 0 aromatic heterocycles. The average molecular weight is 408 g/mol. The van der Waals surface area contributed by atoms with Gasteiger partial charge in [0.2, 0.25) is 0 Å². The largest absolute Gasteiger partial charge is 0.493 e. The summed E-state index contributed by atoms with van der Waals surface area (Å²) in [5, 5.41) is 10.4. The lowest BCUT2D eigenvalue weighted by atomic mass is 9.99. The molecule has 2 rings (SSSR count). The number of nitrogens with zero attached hydrogens (tertiary/aromatic N) is 1. The Morgan fingerprint density at radius 2 is 1.55 bits per heavy atom. The third kappa shape index (κ3) is 15.0. The van der Waals surface area contributed by atoms with E-state index in [1.54, 1.807) is 6.07 Å². The van der Waals surface area contributed by atoms with Crippen LogP contribution >= 0.6 is 0 Å². The first-order valence-corrected chi connectivity index (χ1v) is 11.8. The maximum Gasteiger partial charge on any atom is 0.273 e. The lowest BCUT2D eigenvalue weighted by Crippen LogP contribution is -1.95. The predicted octanol–water partition coefficient (Wildman–Crippen LogP) is 8.65. The van der Waals surface area contributed by atoms with Gasteiger partial charge in [-0.05, 0) is 31.4 Å². The second-order valence-corrected chi connectivity index (χ2v) is 8.15. The summed E-state index contributed by atoms with van der Waals surface area (Å²) in [5.74, 6) is 1.55. The van der Waals surface area contributed by atoms with Gasteiger partial charge >= 0.3 is 0 Å². The van der Waals surface area contributed by atoms with Crippen LogP contribution in [0.15, 0.2) is 18.2 Å². The number of rotatable bonds is 9. The fourth-order valence-corrected chi connectivity index (χ4v) is 3.45. The van der Waals surface area contributed by atoms with Crippen molar-refractivity contribution in [1.82, 2.24) is 0 Å². The van der Waals surface area contributed by atoms with Crippen LogP contribution in [0.4, 0.5) is 5.69 Å². The first-order valence-electron chi connectivity index (χ1n) is 11.8. The molecule has 0 aliphatic heterocycles. The molecule has 29 heavy (non-hydrogen) atoms. The van der Waals surface area contributed by atoms with Crippen LogP contribution < -0.4 is 4.74 Å². The molecule has 1 aromatic carbocycles. The minimum Gasteiger partial charge on any atom is -0.493 e. The van der Waals surface area contributed by atoms with Crippen molar-refractivity contribution >= 4 is 5.69 Å². The van der Waals surface area contributed by atoms with Crippen molar-refractivity contribution in [3.63, 3.8) is 0 Å². The number of nitro benzene ring substituents is 1. The molecule has 1 aliphatic rings. The van der Waals surface area contributed by atoms with Crippen molar-refractivity contribution in [2.24, 2.45) is 5.92 Å². The normalized spacial score (nSPS) is 14.0. The van der Waals surface area contributed by atoms with E-state index in [9.17, 15) is 10.1 Å². The van der Waals surface area contributed by atoms with E-state index in [2.05, 4.69) is 20.8 Å². The number of aryl methyl sites for hydroxylation is 1. The second-order valence-electron chi connectivity index (χ2n) is 8.15. The van der Waals surface area contributed by atoms with Gasteiger partial charge in [0.1, 0.15) is 5.75 Å². The highest BCUT2D eigenvalue weighted by atomic mass is 16.6. The Kier molecular flexibility index (Phi) is 17.4. The topological polar surface area (TPSA) is 52.4 Å². The molecule has 4 nitrogen and oxygen atoms in total. The van der Waals surface area contributed by atoms with Crippen LogP contribution in [0.3, 0.4) is 0 Å². The molecule has 0 amide bonds. The quantitative estimate of drug-likeness (QED) is 0.234. The molecule has 1 unspecified atom stereocenters. The number of hydrogen-bond donors (Lipinski definition) is 0. The molecule has 0 radical (unpaired) electrons. The fourth-order valence-electron chi connectivity index (χ4n) is 3.45. The van der Waals surface area contributed by atoms with E-state index in [0.29, 0.717) is 12.4 Å². The van der Waals surface area contributed by atoms with Crippen molar-refractivity contribution in [3.8, 4) is 5.75 Å². The molecule has 0 heterocycles. The number of nitro groups is 1. The summed E-state index contributed by atoms with van der Waals surface area (Å²) in [4.78, 5) is 9.99. The van der Waals surface area contributed by atoms with Crippen LogP contribution in [0.1, 0.15) is 110 Å². The number of unbranched alkanes of at least 4 members (excludes halogenated alkanes) is 2. The third-order valence-corrected chi connectivity index (χ3v) is 5.26. The third-order valence-electron chi connectivity index (χ3n) is 5.26. The Morgan fingerprint density at radius 1 is 0.966 bits per heavy atom. The standard InChI is InChI=1S/C10H22.C9H11NO3.C6H12/c1-4-6-7-9-10(3)8-5-2;1-3-13-9-6-8(10(11)12)5-4-7(9)2;1-2-4-6-5-3-1/h10H,4-9H2,1-3H3;4-6H,3H2,1-2H3;1-6H2. The van der Waals surface area contributed by atoms with E-state index in [1.807, 2.05) is 13.8 Å². The van der Waals surface area contributed by atoms with Crippen molar-refractivity contribution in [1.29, 1.82) is 0 Å². The molecule has 0 bridgehead atoms. The first-order chi connectivity index (χ1) is 14.0. The SMILES string of the molecule is C1CCCCC1.CCCCCC(C)CCC.CCOc1cc([N+](=O)[O-])ccc1C. The van der Waals surface area contributed by atoms with Gasteiger partial charge in [0.05, 0.1) is 17.6 Å². The monoisotopic (exact) mass is 407 g/mol. The van der Waals surface area contributed by atoms with Crippen LogP contribution in [0.2, 0.25) is 0 Å². The van der Waals surface area contributed by atoms with Gasteiger partial charge in [0, 0.05) is 6.07 Å². The van der Waals surface area contributed by atoms with Crippen molar-refractivity contribution < 1.29 is 9.66 Å². The van der Waals surface area contributed by atoms with Gasteiger partial charge in [-0.1, -0.05) is 97.8 Å². The molecule has 4 heteroatoms. The number of hydrogen-bond acceptors (Lipinski definition) is 3. The average Bonchev–Trinajstić information content (AvgIpc) is 2.72. The minimum absolute atomic E-state index is 0.0639. The van der Waals surface area contributed by atoms with Crippen LogP contribution in [-0.4, -0.2) is 11.5 Å². The molecular weight excluding hydrogens is 362 g/mol. The summed E-state index contributed by atoms with van der Waals surface area (Å²) >= 11 is 0. The molecular formula is C25H45NO3. The van der Waals surface area contributed by atoms with E-state index in [4.69, 9.17) is 4.74 Å². The lowest BCUT2D eigenvalue weighted by molar-refractivity contribution is -0.384. The van der Waals surface area contributed by atoms with E-state index in [1.165, 1.54) is 89.2 Å². The van der Waals surface area contributed by atoms with Crippen molar-refractivity contribution in [2.75, 3.05) is 6.61 Å². The zero-order valence-electron chi connectivity index (χ0n) is 19.7. The Labute approximate surface area is 179 Å². The van der Waals surface area contributed by atoms with E-state index < -0.39 is 4.92 Å². The second kappa shape index (κ2) is 18.4. The summed E-state index contributed by atoms with van der Waals surface area (Å²) in [6.45, 7) is 11.1. The fraction of sp³-hybridized carbons (Fsp3) is 0.760. The molecule has 0 saturated heterocycles. The predicted molar refractivity (Wildman–Crippen MR) is 125 cm³/mol. The van der Waals surface area contributed by atoms with Crippen LogP contribution in [0.5, 0.6) is 5.75 Å². The summed E-state index contributed by atoms with van der Waals surface area (Å²) < 4.78 is 5.22. The first kappa shape index (κ1) is 27.4. The summed E-state index contributed by atoms with van der Waals surface area (Å²) in [7, 11) is 0. The van der Waals surface area contributed by atoms with Crippen LogP contribution in [-0.2, 0) is 0 Å². The lowest BCUT2D eigenvalue weighted by Gasteiger charge is -2.07. The van der Waals surface area contributed by atoms with Crippen molar-refractivity contribution in [2.45, 2.75) is 112 Å². The van der Waals surface area contributed by atoms with Gasteiger partial charge in [-0.15, -0.1) is 0 Å². The van der Waals surface area contributed by atoms with Crippen LogP contribution in [0.25, 0.3) is 0 Å². The molecule has 0 spiro atoms. The van der Waals surface area contributed by atoms with Gasteiger partial charge in [0.15, 0.2) is 0 Å². The van der Waals surface area contributed by atoms with Gasteiger partial charge in [-0.25, -0.2) is 0 Å². The highest BCUT2D eigenvalue weighted by Gasteiger charge is 2.08. The van der Waals surface area contributed by atoms with E-state index >= 15 is 0 Å². The van der Waals surface area contributed by atoms with E-state index in [0.717, 1.165) is 11.5 Å². The number of ether oxygens (including phenoxy) is 1. The molecule has 1 fully saturated rings. The zero-order valence-corrected chi connectivity index (χ0v) is 19.7. The molecule has 1 aromatic rings. The molecule has 1 atom stereocenters. The van der Waals surface area contributed by atoms with E-state index in [-0.39, 0.29) is 5.69 Å². The highest BCUT2D eigenvalue weighted by Crippen LogP contribution is 2.23. The highest BCUT2D eigenvalue weighted by molar-refractivity contribution is 5.43. The molecule has 1 saturated carbocycles. The van der Waals surface area contributed by atoms with Gasteiger partial charge in [-0.2, -0.15) is 0 Å². The maximum atomic E-state index is 10.4. The number of non-ortho nitro benzene ring substituents is 1. The van der Waals surface area contributed by atoms with Gasteiger partial charge < -0.3 is 4.74 Å². The molecule has 0 N–H and O–H groups in total. The van der Waals surface area contributed by atoms with Gasteiger partial charge in [0.25, 0.3) is 5.69 Å². The Bertz CT molecular complexity index is 515. The maximum absolute atomic E-state index is 10.4. The Balaban J connectivity index is 0.000000433. The molecule has 168 valence electrons. The Morgan fingerprint density at radius 3 is 2.00 bits per heavy atom. The molecule has 1 aliphatic carbocycles. The summed E-state index contributed by atoms with van der Waals surface area (Å²) in [6.07, 6.45) is 17.4. The number of benzene rings is 1. The van der Waals surface area contributed by atoms with Gasteiger partial charge in [-0.3, -0.25) is 10.1 Å².